The summed E-state index contributed by atoms with van der Waals surface area (Å²) in [5.74, 6) is 3.77. The highest BCUT2D eigenvalue weighted by Gasteiger charge is 2.11. The fourth-order valence-electron chi connectivity index (χ4n) is 1.65. The quantitative estimate of drug-likeness (QED) is 0.776. The van der Waals surface area contributed by atoms with Crippen molar-refractivity contribution in [3.63, 3.8) is 0 Å². The molecule has 0 radical (unpaired) electrons. The zero-order valence-electron chi connectivity index (χ0n) is 11.7. The van der Waals surface area contributed by atoms with Crippen molar-refractivity contribution in [3.05, 3.63) is 29.8 Å². The van der Waals surface area contributed by atoms with Crippen LogP contribution in [0.4, 0.5) is 0 Å². The van der Waals surface area contributed by atoms with E-state index in [1.54, 1.807) is 0 Å². The van der Waals surface area contributed by atoms with Crippen molar-refractivity contribution in [2.24, 2.45) is 11.7 Å². The molecule has 102 valence electrons. The first-order chi connectivity index (χ1) is 8.65. The molecule has 0 aliphatic rings. The number of para-hydroxylation sites is 1. The lowest BCUT2D eigenvalue weighted by molar-refractivity contribution is 0.313. The molecule has 0 aromatic heterocycles. The zero-order chi connectivity index (χ0) is 13.4. The Morgan fingerprint density at radius 2 is 1.94 bits per heavy atom. The summed E-state index contributed by atoms with van der Waals surface area (Å²) >= 11 is 1.92. The van der Waals surface area contributed by atoms with Crippen molar-refractivity contribution in [2.75, 3.05) is 18.1 Å². The van der Waals surface area contributed by atoms with E-state index >= 15 is 0 Å². The van der Waals surface area contributed by atoms with Crippen LogP contribution in [0.1, 0.15) is 38.8 Å². The van der Waals surface area contributed by atoms with Crippen molar-refractivity contribution in [2.45, 2.75) is 33.2 Å². The standard InChI is InChI=1S/C15H25NOS/c1-4-9-17-15-8-6-5-7-13(15)14(16)11-18-10-12(2)3/h5-8,12,14H,4,9-11,16H2,1-3H3. The van der Waals surface area contributed by atoms with Gasteiger partial charge in [0.25, 0.3) is 0 Å². The molecule has 2 N–H and O–H groups in total. The van der Waals surface area contributed by atoms with Crippen molar-refractivity contribution in [1.29, 1.82) is 0 Å². The van der Waals surface area contributed by atoms with Gasteiger partial charge in [-0.1, -0.05) is 39.0 Å². The Morgan fingerprint density at radius 1 is 1.22 bits per heavy atom. The Hall–Kier alpha value is -0.670. The average Bonchev–Trinajstić information content (AvgIpc) is 2.36. The number of thioether (sulfide) groups is 1. The Kier molecular flexibility index (Phi) is 7.21. The van der Waals surface area contributed by atoms with E-state index in [0.29, 0.717) is 5.92 Å². The van der Waals surface area contributed by atoms with Gasteiger partial charge in [0.2, 0.25) is 0 Å². The van der Waals surface area contributed by atoms with Gasteiger partial charge in [0.05, 0.1) is 6.61 Å². The molecule has 0 heterocycles. The summed E-state index contributed by atoms with van der Waals surface area (Å²) in [5, 5.41) is 0. The van der Waals surface area contributed by atoms with Gasteiger partial charge in [0.15, 0.2) is 0 Å². The van der Waals surface area contributed by atoms with E-state index in [1.165, 1.54) is 0 Å². The van der Waals surface area contributed by atoms with Crippen LogP contribution in [0, 0.1) is 5.92 Å². The molecule has 0 spiro atoms. The first-order valence-electron chi connectivity index (χ1n) is 6.70. The minimum absolute atomic E-state index is 0.0572. The third-order valence-corrected chi connectivity index (χ3v) is 4.03. The molecule has 1 atom stereocenters. The van der Waals surface area contributed by atoms with Crippen LogP contribution < -0.4 is 10.5 Å². The van der Waals surface area contributed by atoms with Crippen molar-refractivity contribution in [3.8, 4) is 5.75 Å². The van der Waals surface area contributed by atoms with Crippen LogP contribution in [-0.2, 0) is 0 Å². The predicted octanol–water partition coefficient (Wildman–Crippen LogP) is 3.86. The van der Waals surface area contributed by atoms with Gasteiger partial charge in [-0.2, -0.15) is 11.8 Å². The number of rotatable bonds is 8. The summed E-state index contributed by atoms with van der Waals surface area (Å²) in [5.41, 5.74) is 7.38. The fraction of sp³-hybridized carbons (Fsp3) is 0.600. The maximum absolute atomic E-state index is 6.25. The van der Waals surface area contributed by atoms with Crippen LogP contribution >= 0.6 is 11.8 Å². The predicted molar refractivity (Wildman–Crippen MR) is 81.3 cm³/mol. The molecule has 0 saturated carbocycles. The number of nitrogens with two attached hydrogens (primary N) is 1. The van der Waals surface area contributed by atoms with E-state index in [0.717, 1.165) is 35.8 Å². The molecule has 1 aromatic carbocycles. The molecule has 1 unspecified atom stereocenters. The molecule has 18 heavy (non-hydrogen) atoms. The topological polar surface area (TPSA) is 35.2 Å². The maximum Gasteiger partial charge on any atom is 0.124 e. The monoisotopic (exact) mass is 267 g/mol. The van der Waals surface area contributed by atoms with Crippen molar-refractivity contribution >= 4 is 11.8 Å². The van der Waals surface area contributed by atoms with E-state index in [4.69, 9.17) is 10.5 Å². The van der Waals surface area contributed by atoms with Gasteiger partial charge >= 0.3 is 0 Å². The molecule has 1 aromatic rings. The summed E-state index contributed by atoms with van der Waals surface area (Å²) in [6.45, 7) is 7.33. The first-order valence-corrected chi connectivity index (χ1v) is 7.85. The third-order valence-electron chi connectivity index (χ3n) is 2.53. The Bertz CT molecular complexity index is 341. The van der Waals surface area contributed by atoms with Crippen molar-refractivity contribution < 1.29 is 4.74 Å². The highest BCUT2D eigenvalue weighted by molar-refractivity contribution is 7.99. The summed E-state index contributed by atoms with van der Waals surface area (Å²) in [7, 11) is 0. The minimum Gasteiger partial charge on any atom is -0.493 e. The maximum atomic E-state index is 6.25. The third kappa shape index (κ3) is 5.32. The first kappa shape index (κ1) is 15.4. The fourth-order valence-corrected chi connectivity index (χ4v) is 2.69. The van der Waals surface area contributed by atoms with Gasteiger partial charge in [-0.15, -0.1) is 0 Å². The molecule has 0 saturated heterocycles. The number of ether oxygens (including phenoxy) is 1. The highest BCUT2D eigenvalue weighted by Crippen LogP contribution is 2.26. The van der Waals surface area contributed by atoms with Gasteiger partial charge in [0, 0.05) is 17.4 Å². The molecule has 0 bridgehead atoms. The number of hydrogen-bond donors (Lipinski definition) is 1. The molecule has 1 rings (SSSR count). The van der Waals surface area contributed by atoms with Gasteiger partial charge in [0.1, 0.15) is 5.75 Å². The average molecular weight is 267 g/mol. The van der Waals surface area contributed by atoms with Crippen LogP contribution in [-0.4, -0.2) is 18.1 Å². The molecule has 0 aliphatic heterocycles. The lowest BCUT2D eigenvalue weighted by Crippen LogP contribution is -2.15. The number of benzene rings is 1. The van der Waals surface area contributed by atoms with E-state index in [2.05, 4.69) is 26.8 Å². The lowest BCUT2D eigenvalue weighted by Gasteiger charge is -2.17. The molecular weight excluding hydrogens is 242 g/mol. The van der Waals surface area contributed by atoms with Gasteiger partial charge < -0.3 is 10.5 Å². The minimum atomic E-state index is 0.0572. The van der Waals surface area contributed by atoms with E-state index < -0.39 is 0 Å². The summed E-state index contributed by atoms with van der Waals surface area (Å²) in [4.78, 5) is 0. The Labute approximate surface area is 115 Å². The van der Waals surface area contributed by atoms with E-state index in [1.807, 2.05) is 30.0 Å². The number of hydrogen-bond acceptors (Lipinski definition) is 3. The van der Waals surface area contributed by atoms with Crippen molar-refractivity contribution in [1.82, 2.24) is 0 Å². The van der Waals surface area contributed by atoms with E-state index in [9.17, 15) is 0 Å². The molecule has 0 fully saturated rings. The molecule has 0 aliphatic carbocycles. The Morgan fingerprint density at radius 3 is 2.61 bits per heavy atom. The zero-order valence-corrected chi connectivity index (χ0v) is 12.5. The lowest BCUT2D eigenvalue weighted by atomic mass is 10.1. The second kappa shape index (κ2) is 8.44. The van der Waals surface area contributed by atoms with Crippen LogP contribution in [0.2, 0.25) is 0 Å². The Balaban J connectivity index is 2.57. The highest BCUT2D eigenvalue weighted by atomic mass is 32.2. The summed E-state index contributed by atoms with van der Waals surface area (Å²) in [6.07, 6.45) is 1.02. The molecule has 2 nitrogen and oxygen atoms in total. The van der Waals surface area contributed by atoms with Crippen LogP contribution in [0.3, 0.4) is 0 Å². The van der Waals surface area contributed by atoms with Crippen LogP contribution in [0.25, 0.3) is 0 Å². The summed E-state index contributed by atoms with van der Waals surface area (Å²) in [6, 6.07) is 8.18. The molecular formula is C15H25NOS. The van der Waals surface area contributed by atoms with Gasteiger partial charge in [-0.25, -0.2) is 0 Å². The van der Waals surface area contributed by atoms with Crippen LogP contribution in [0.15, 0.2) is 24.3 Å². The van der Waals surface area contributed by atoms with Crippen LogP contribution in [0.5, 0.6) is 5.75 Å². The normalized spacial score (nSPS) is 12.7. The van der Waals surface area contributed by atoms with E-state index in [-0.39, 0.29) is 6.04 Å². The molecule has 3 heteroatoms. The SMILES string of the molecule is CCCOc1ccccc1C(N)CSCC(C)C. The smallest absolute Gasteiger partial charge is 0.124 e. The van der Waals surface area contributed by atoms with Gasteiger partial charge in [-0.3, -0.25) is 0 Å². The molecule has 0 amide bonds. The second-order valence-electron chi connectivity index (χ2n) is 4.92. The van der Waals surface area contributed by atoms with Gasteiger partial charge in [-0.05, 0) is 24.2 Å². The second-order valence-corrected chi connectivity index (χ2v) is 6.00. The summed E-state index contributed by atoms with van der Waals surface area (Å²) < 4.78 is 5.75. The largest absolute Gasteiger partial charge is 0.493 e.